The Balaban J connectivity index is 3.93. The zero-order valence-electron chi connectivity index (χ0n) is 6.41. The molecule has 1 atom stereocenters. The van der Waals surface area contributed by atoms with Crippen LogP contribution in [0.3, 0.4) is 0 Å². The van der Waals surface area contributed by atoms with Crippen LogP contribution in [-0.4, -0.2) is 29.6 Å². The third-order valence-electron chi connectivity index (χ3n) is 1.10. The van der Waals surface area contributed by atoms with Crippen LogP contribution in [0.5, 0.6) is 0 Å². The van der Waals surface area contributed by atoms with Crippen LogP contribution >= 0.6 is 0 Å². The van der Waals surface area contributed by atoms with Crippen molar-refractivity contribution in [2.75, 3.05) is 6.54 Å². The van der Waals surface area contributed by atoms with Crippen LogP contribution in [0, 0.1) is 12.3 Å². The van der Waals surface area contributed by atoms with Crippen molar-refractivity contribution in [2.45, 2.75) is 12.5 Å². The number of nitrogens with one attached hydrogen (secondary N) is 1. The van der Waals surface area contributed by atoms with Gasteiger partial charge in [0.05, 0.1) is 13.0 Å². The van der Waals surface area contributed by atoms with Gasteiger partial charge in [0.25, 0.3) is 0 Å². The second kappa shape index (κ2) is 5.16. The number of amides is 1. The Labute approximate surface area is 69.9 Å². The lowest BCUT2D eigenvalue weighted by atomic mass is 10.2. The average Bonchev–Trinajstić information content (AvgIpc) is 2.02. The maximum Gasteiger partial charge on any atom is 0.306 e. The Kier molecular flexibility index (Phi) is 4.49. The van der Waals surface area contributed by atoms with Crippen LogP contribution in [0.2, 0.25) is 0 Å². The predicted octanol–water partition coefficient (Wildman–Crippen LogP) is -1.46. The van der Waals surface area contributed by atoms with Crippen molar-refractivity contribution in [2.24, 2.45) is 5.73 Å². The number of rotatable bonds is 4. The van der Waals surface area contributed by atoms with Gasteiger partial charge in [-0.15, -0.1) is 6.42 Å². The molecular formula is C7H10N2O3. The fraction of sp³-hybridized carbons (Fsp3) is 0.429. The molecule has 66 valence electrons. The number of aliphatic carboxylic acids is 1. The van der Waals surface area contributed by atoms with Crippen molar-refractivity contribution < 1.29 is 14.7 Å². The summed E-state index contributed by atoms with van der Waals surface area (Å²) in [6.07, 6.45) is 4.67. The van der Waals surface area contributed by atoms with E-state index in [1.807, 2.05) is 0 Å². The largest absolute Gasteiger partial charge is 0.481 e. The van der Waals surface area contributed by atoms with E-state index in [-0.39, 0.29) is 13.0 Å². The minimum Gasteiger partial charge on any atom is -0.481 e. The fourth-order valence-corrected chi connectivity index (χ4v) is 0.579. The Morgan fingerprint density at radius 1 is 1.67 bits per heavy atom. The lowest BCUT2D eigenvalue weighted by Gasteiger charge is -2.08. The summed E-state index contributed by atoms with van der Waals surface area (Å²) in [4.78, 5) is 20.8. The van der Waals surface area contributed by atoms with E-state index >= 15 is 0 Å². The number of carboxylic acid groups (broad SMARTS) is 1. The summed E-state index contributed by atoms with van der Waals surface area (Å²) in [5.41, 5.74) is 4.98. The molecule has 0 saturated heterocycles. The van der Waals surface area contributed by atoms with E-state index in [1.165, 1.54) is 0 Å². The lowest BCUT2D eigenvalue weighted by molar-refractivity contribution is -0.137. The summed E-state index contributed by atoms with van der Waals surface area (Å²) in [7, 11) is 0. The molecule has 1 amide bonds. The summed E-state index contributed by atoms with van der Waals surface area (Å²) in [6.45, 7) is -0.197. The molecular weight excluding hydrogens is 160 g/mol. The Morgan fingerprint density at radius 2 is 2.25 bits per heavy atom. The number of carboxylic acids is 1. The lowest BCUT2D eigenvalue weighted by Crippen LogP contribution is -2.39. The summed E-state index contributed by atoms with van der Waals surface area (Å²) in [5.74, 6) is 0.611. The van der Waals surface area contributed by atoms with Crippen LogP contribution in [0.1, 0.15) is 6.42 Å². The van der Waals surface area contributed by atoms with Crippen molar-refractivity contribution in [3.05, 3.63) is 0 Å². The van der Waals surface area contributed by atoms with E-state index in [0.717, 1.165) is 0 Å². The van der Waals surface area contributed by atoms with Gasteiger partial charge in [0.1, 0.15) is 6.04 Å². The molecule has 0 radical (unpaired) electrons. The van der Waals surface area contributed by atoms with Gasteiger partial charge < -0.3 is 16.2 Å². The van der Waals surface area contributed by atoms with Crippen molar-refractivity contribution in [1.29, 1.82) is 0 Å². The molecule has 5 nitrogen and oxygen atoms in total. The SMILES string of the molecule is C#CC(CC(=O)O)NC(=O)CN. The molecule has 5 heteroatoms. The molecule has 0 saturated carbocycles. The molecule has 0 fully saturated rings. The molecule has 0 spiro atoms. The monoisotopic (exact) mass is 170 g/mol. The number of hydrogen-bond donors (Lipinski definition) is 3. The molecule has 0 aliphatic heterocycles. The summed E-state index contributed by atoms with van der Waals surface area (Å²) in [6, 6.07) is -0.779. The number of hydrogen-bond acceptors (Lipinski definition) is 3. The van der Waals surface area contributed by atoms with Crippen LogP contribution in [0.25, 0.3) is 0 Å². The molecule has 0 heterocycles. The highest BCUT2D eigenvalue weighted by Gasteiger charge is 2.11. The van der Waals surface area contributed by atoms with Gasteiger partial charge in [-0.05, 0) is 0 Å². The first-order chi connectivity index (χ1) is 5.60. The van der Waals surface area contributed by atoms with Crippen LogP contribution in [0.4, 0.5) is 0 Å². The van der Waals surface area contributed by atoms with Gasteiger partial charge in [-0.1, -0.05) is 5.92 Å². The van der Waals surface area contributed by atoms with Crippen molar-refractivity contribution >= 4 is 11.9 Å². The Bertz CT molecular complexity index is 219. The average molecular weight is 170 g/mol. The van der Waals surface area contributed by atoms with Crippen molar-refractivity contribution in [3.8, 4) is 12.3 Å². The Hall–Kier alpha value is -1.54. The second-order valence-corrected chi connectivity index (χ2v) is 2.09. The highest BCUT2D eigenvalue weighted by Crippen LogP contribution is 1.89. The van der Waals surface area contributed by atoms with Gasteiger partial charge in [0.2, 0.25) is 5.91 Å². The predicted molar refractivity (Wildman–Crippen MR) is 42.1 cm³/mol. The van der Waals surface area contributed by atoms with Gasteiger partial charge >= 0.3 is 5.97 Å². The molecule has 0 aromatic heterocycles. The first-order valence-electron chi connectivity index (χ1n) is 3.27. The van der Waals surface area contributed by atoms with Crippen molar-refractivity contribution in [1.82, 2.24) is 5.32 Å². The van der Waals surface area contributed by atoms with Gasteiger partial charge in [0, 0.05) is 0 Å². The smallest absolute Gasteiger partial charge is 0.306 e. The van der Waals surface area contributed by atoms with Crippen LogP contribution in [0.15, 0.2) is 0 Å². The maximum absolute atomic E-state index is 10.6. The number of carbonyl (C=O) groups excluding carboxylic acids is 1. The van der Waals surface area contributed by atoms with E-state index in [2.05, 4.69) is 11.2 Å². The summed E-state index contributed by atoms with van der Waals surface area (Å²) in [5, 5.41) is 10.6. The van der Waals surface area contributed by atoms with Gasteiger partial charge in [-0.25, -0.2) is 0 Å². The highest BCUT2D eigenvalue weighted by molar-refractivity contribution is 5.79. The summed E-state index contributed by atoms with van der Waals surface area (Å²) >= 11 is 0. The Morgan fingerprint density at radius 3 is 2.58 bits per heavy atom. The molecule has 0 aliphatic carbocycles. The van der Waals surface area contributed by atoms with Crippen molar-refractivity contribution in [3.63, 3.8) is 0 Å². The standard InChI is InChI=1S/C7H10N2O3/c1-2-5(3-7(11)12)9-6(10)4-8/h1,5H,3-4,8H2,(H,9,10)(H,11,12). The third-order valence-corrected chi connectivity index (χ3v) is 1.10. The maximum atomic E-state index is 10.6. The normalized spacial score (nSPS) is 11.3. The van der Waals surface area contributed by atoms with Gasteiger partial charge in [-0.2, -0.15) is 0 Å². The second-order valence-electron chi connectivity index (χ2n) is 2.09. The number of nitrogens with two attached hydrogens (primary N) is 1. The quantitative estimate of drug-likeness (QED) is 0.449. The highest BCUT2D eigenvalue weighted by atomic mass is 16.4. The van der Waals surface area contributed by atoms with Crippen LogP contribution in [-0.2, 0) is 9.59 Å². The topological polar surface area (TPSA) is 92.4 Å². The van der Waals surface area contributed by atoms with Crippen LogP contribution < -0.4 is 11.1 Å². The van der Waals surface area contributed by atoms with Gasteiger partial charge in [0.15, 0.2) is 0 Å². The molecule has 12 heavy (non-hydrogen) atoms. The van der Waals surface area contributed by atoms with E-state index < -0.39 is 17.9 Å². The van der Waals surface area contributed by atoms with E-state index in [4.69, 9.17) is 17.3 Å². The zero-order chi connectivity index (χ0) is 9.56. The fourth-order valence-electron chi connectivity index (χ4n) is 0.579. The third kappa shape index (κ3) is 4.30. The molecule has 0 aromatic carbocycles. The molecule has 4 N–H and O–H groups in total. The van der Waals surface area contributed by atoms with E-state index in [1.54, 1.807) is 0 Å². The zero-order valence-corrected chi connectivity index (χ0v) is 6.41. The first-order valence-corrected chi connectivity index (χ1v) is 3.27. The minimum atomic E-state index is -1.06. The molecule has 0 rings (SSSR count). The molecule has 0 bridgehead atoms. The molecule has 1 unspecified atom stereocenters. The minimum absolute atomic E-state index is 0.197. The summed E-state index contributed by atoms with van der Waals surface area (Å²) < 4.78 is 0. The first kappa shape index (κ1) is 10.5. The molecule has 0 aliphatic rings. The van der Waals surface area contributed by atoms with Gasteiger partial charge in [-0.3, -0.25) is 9.59 Å². The molecule has 0 aromatic rings. The number of carbonyl (C=O) groups is 2. The van der Waals surface area contributed by atoms with E-state index in [9.17, 15) is 9.59 Å². The number of terminal acetylenes is 1. The van der Waals surface area contributed by atoms with E-state index in [0.29, 0.717) is 0 Å².